The average molecular weight is 334 g/mol. The van der Waals surface area contributed by atoms with E-state index in [1.165, 1.54) is 12.8 Å². The van der Waals surface area contributed by atoms with Crippen LogP contribution < -0.4 is 11.6 Å². The summed E-state index contributed by atoms with van der Waals surface area (Å²) in [5.74, 6) is 6.94. The molecule has 1 aliphatic carbocycles. The molecular weight excluding hydrogens is 312 g/mol. The van der Waals surface area contributed by atoms with Crippen LogP contribution in [0.25, 0.3) is 28.3 Å². The molecule has 0 amide bonds. The predicted octanol–water partition coefficient (Wildman–Crippen LogP) is 3.87. The Labute approximate surface area is 146 Å². The predicted molar refractivity (Wildman–Crippen MR) is 99.9 cm³/mol. The Morgan fingerprint density at radius 2 is 1.80 bits per heavy atom. The number of benzene rings is 2. The van der Waals surface area contributed by atoms with Crippen molar-refractivity contribution >= 4 is 16.8 Å². The number of oxazole rings is 1. The van der Waals surface area contributed by atoms with Gasteiger partial charge in [0.2, 0.25) is 5.89 Å². The zero-order valence-corrected chi connectivity index (χ0v) is 14.1. The second kappa shape index (κ2) is 6.61. The van der Waals surface area contributed by atoms with Gasteiger partial charge in [-0.25, -0.2) is 10.8 Å². The molecular formula is C20H22N4O. The van der Waals surface area contributed by atoms with Crippen LogP contribution >= 0.6 is 0 Å². The van der Waals surface area contributed by atoms with Gasteiger partial charge in [0.1, 0.15) is 5.52 Å². The molecule has 0 atom stereocenters. The Morgan fingerprint density at radius 1 is 1.08 bits per heavy atom. The number of nitrogens with two attached hydrogens (primary N) is 2. The first-order valence-corrected chi connectivity index (χ1v) is 8.68. The zero-order chi connectivity index (χ0) is 17.2. The van der Waals surface area contributed by atoms with E-state index in [1.54, 1.807) is 6.20 Å². The van der Waals surface area contributed by atoms with Gasteiger partial charge >= 0.3 is 0 Å². The molecule has 3 aromatic rings. The molecule has 2 aromatic carbocycles. The van der Waals surface area contributed by atoms with Crippen LogP contribution in [0.4, 0.5) is 0 Å². The molecule has 1 heterocycles. The van der Waals surface area contributed by atoms with Gasteiger partial charge in [0.25, 0.3) is 0 Å². The zero-order valence-electron chi connectivity index (χ0n) is 14.1. The number of nitrogens with zero attached hydrogens (tertiary/aromatic N) is 2. The molecule has 4 N–H and O–H groups in total. The molecule has 25 heavy (non-hydrogen) atoms. The summed E-state index contributed by atoms with van der Waals surface area (Å²) in [6.07, 6.45) is 6.29. The van der Waals surface area contributed by atoms with Crippen LogP contribution in [0.5, 0.6) is 0 Å². The van der Waals surface area contributed by atoms with Crippen molar-refractivity contribution in [3.8, 4) is 11.5 Å². The number of hydrogen-bond acceptors (Lipinski definition) is 5. The molecule has 0 saturated heterocycles. The number of hydrazine groups is 1. The van der Waals surface area contributed by atoms with Crippen LogP contribution in [-0.2, 0) is 0 Å². The van der Waals surface area contributed by atoms with Gasteiger partial charge in [-0.1, -0.05) is 37.1 Å². The molecule has 1 aromatic heterocycles. The Balaban J connectivity index is 1.60. The molecule has 1 aliphatic rings. The van der Waals surface area contributed by atoms with Crippen LogP contribution in [0.2, 0.25) is 0 Å². The van der Waals surface area contributed by atoms with E-state index in [1.807, 2.05) is 53.5 Å². The summed E-state index contributed by atoms with van der Waals surface area (Å²) in [4.78, 5) is 4.53. The molecule has 1 saturated carbocycles. The van der Waals surface area contributed by atoms with Crippen molar-refractivity contribution in [2.45, 2.75) is 31.7 Å². The van der Waals surface area contributed by atoms with Crippen molar-refractivity contribution in [2.75, 3.05) is 0 Å². The van der Waals surface area contributed by atoms with E-state index in [-0.39, 0.29) is 0 Å². The van der Waals surface area contributed by atoms with E-state index in [2.05, 4.69) is 4.98 Å². The Kier molecular flexibility index (Phi) is 4.15. The minimum absolute atomic E-state index is 0.367. The van der Waals surface area contributed by atoms with Crippen LogP contribution in [0.1, 0.15) is 31.2 Å². The van der Waals surface area contributed by atoms with E-state index < -0.39 is 0 Å². The molecule has 0 spiro atoms. The number of para-hydroxylation sites is 2. The van der Waals surface area contributed by atoms with Gasteiger partial charge in [0.15, 0.2) is 5.58 Å². The molecule has 4 rings (SSSR count). The minimum Gasteiger partial charge on any atom is -0.436 e. The molecule has 1 fully saturated rings. The van der Waals surface area contributed by atoms with E-state index in [9.17, 15) is 0 Å². The molecule has 0 radical (unpaired) electrons. The Morgan fingerprint density at radius 3 is 2.48 bits per heavy atom. The van der Waals surface area contributed by atoms with Crippen LogP contribution in [-0.4, -0.2) is 16.0 Å². The lowest BCUT2D eigenvalue weighted by molar-refractivity contribution is 0.306. The topological polar surface area (TPSA) is 81.3 Å². The highest BCUT2D eigenvalue weighted by Crippen LogP contribution is 2.29. The highest BCUT2D eigenvalue weighted by Gasteiger charge is 2.22. The van der Waals surface area contributed by atoms with Crippen LogP contribution in [0.15, 0.2) is 59.1 Å². The van der Waals surface area contributed by atoms with Gasteiger partial charge in [-0.15, -0.1) is 0 Å². The summed E-state index contributed by atoms with van der Waals surface area (Å²) in [6.45, 7) is 0. The van der Waals surface area contributed by atoms with Crippen LogP contribution in [0.3, 0.4) is 0 Å². The summed E-state index contributed by atoms with van der Waals surface area (Å²) < 4.78 is 5.82. The third-order valence-electron chi connectivity index (χ3n) is 4.88. The van der Waals surface area contributed by atoms with E-state index in [4.69, 9.17) is 16.0 Å². The first-order chi connectivity index (χ1) is 12.3. The lowest BCUT2D eigenvalue weighted by atomic mass is 10.1. The molecule has 5 nitrogen and oxygen atoms in total. The van der Waals surface area contributed by atoms with Crippen molar-refractivity contribution in [1.82, 2.24) is 9.99 Å². The SMILES string of the molecule is N/C=C(/c1ccc(-c2nc3ccccc3o2)cc1)N(N)C1CCCC1. The maximum atomic E-state index is 6.32. The normalized spacial score (nSPS) is 15.8. The number of rotatable bonds is 4. The molecule has 5 heteroatoms. The van der Waals surface area contributed by atoms with E-state index in [0.29, 0.717) is 11.9 Å². The van der Waals surface area contributed by atoms with Crippen molar-refractivity contribution in [2.24, 2.45) is 11.6 Å². The van der Waals surface area contributed by atoms with Crippen molar-refractivity contribution < 1.29 is 4.42 Å². The smallest absolute Gasteiger partial charge is 0.227 e. The van der Waals surface area contributed by atoms with Crippen molar-refractivity contribution in [3.05, 3.63) is 60.3 Å². The van der Waals surface area contributed by atoms with Gasteiger partial charge in [0, 0.05) is 23.4 Å². The summed E-state index contributed by atoms with van der Waals surface area (Å²) >= 11 is 0. The van der Waals surface area contributed by atoms with Gasteiger partial charge in [-0.3, -0.25) is 0 Å². The lowest BCUT2D eigenvalue weighted by Crippen LogP contribution is -2.38. The summed E-state index contributed by atoms with van der Waals surface area (Å²) in [5, 5.41) is 1.82. The van der Waals surface area contributed by atoms with Gasteiger partial charge in [-0.05, 0) is 37.1 Å². The summed E-state index contributed by atoms with van der Waals surface area (Å²) in [5.41, 5.74) is 10.3. The fourth-order valence-electron chi connectivity index (χ4n) is 3.49. The molecule has 0 aliphatic heterocycles. The lowest BCUT2D eigenvalue weighted by Gasteiger charge is -2.28. The average Bonchev–Trinajstić information content (AvgIpc) is 3.32. The maximum Gasteiger partial charge on any atom is 0.227 e. The highest BCUT2D eigenvalue weighted by molar-refractivity contribution is 5.76. The quantitative estimate of drug-likeness (QED) is 0.559. The fraction of sp³-hybridized carbons (Fsp3) is 0.250. The second-order valence-electron chi connectivity index (χ2n) is 6.46. The molecule has 0 unspecified atom stereocenters. The highest BCUT2D eigenvalue weighted by atomic mass is 16.3. The maximum absolute atomic E-state index is 6.32. The van der Waals surface area contributed by atoms with E-state index in [0.717, 1.165) is 40.8 Å². The minimum atomic E-state index is 0.367. The number of aromatic nitrogens is 1. The van der Waals surface area contributed by atoms with Crippen molar-refractivity contribution in [1.29, 1.82) is 0 Å². The third-order valence-corrected chi connectivity index (χ3v) is 4.88. The monoisotopic (exact) mass is 334 g/mol. The summed E-state index contributed by atoms with van der Waals surface area (Å²) in [7, 11) is 0. The van der Waals surface area contributed by atoms with Gasteiger partial charge < -0.3 is 15.2 Å². The van der Waals surface area contributed by atoms with Gasteiger partial charge in [0.05, 0.1) is 5.70 Å². The van der Waals surface area contributed by atoms with Crippen molar-refractivity contribution in [3.63, 3.8) is 0 Å². The second-order valence-corrected chi connectivity index (χ2v) is 6.46. The summed E-state index contributed by atoms with van der Waals surface area (Å²) in [6, 6.07) is 16.1. The number of fused-ring (bicyclic) bond motifs is 1. The fourth-order valence-corrected chi connectivity index (χ4v) is 3.49. The number of hydrogen-bond donors (Lipinski definition) is 2. The first-order valence-electron chi connectivity index (χ1n) is 8.68. The Bertz CT molecular complexity index is 858. The van der Waals surface area contributed by atoms with Gasteiger partial charge in [-0.2, -0.15) is 0 Å². The standard InChI is InChI=1S/C20H22N4O/c21-13-18(24(22)16-5-1-2-6-16)14-9-11-15(12-10-14)20-23-17-7-3-4-8-19(17)25-20/h3-4,7-13,16H,1-2,5-6,21-22H2/b18-13-. The Hall–Kier alpha value is -2.79. The molecule has 128 valence electrons. The third kappa shape index (κ3) is 2.98. The largest absolute Gasteiger partial charge is 0.436 e. The van der Waals surface area contributed by atoms with E-state index >= 15 is 0 Å². The van der Waals surface area contributed by atoms with Crippen LogP contribution in [0, 0.1) is 0 Å². The molecule has 0 bridgehead atoms. The first kappa shape index (κ1) is 15.7.